The first kappa shape index (κ1) is 11.2. The third-order valence-corrected chi connectivity index (χ3v) is 1.89. The average Bonchev–Trinajstić information content (AvgIpc) is 2.53. The number of hydrogen-bond donors (Lipinski definition) is 0. The summed E-state index contributed by atoms with van der Waals surface area (Å²) >= 11 is 0. The van der Waals surface area contributed by atoms with Crippen LogP contribution in [0.15, 0.2) is 43.0 Å². The van der Waals surface area contributed by atoms with Gasteiger partial charge in [0.05, 0.1) is 7.05 Å². The first-order chi connectivity index (χ1) is 6.25. The van der Waals surface area contributed by atoms with Gasteiger partial charge in [0, 0.05) is 0 Å². The van der Waals surface area contributed by atoms with E-state index < -0.39 is 0 Å². The minimum Gasteiger partial charge on any atom is -1.00 e. The van der Waals surface area contributed by atoms with Gasteiger partial charge in [-0.2, -0.15) is 0 Å². The fourth-order valence-electron chi connectivity index (χ4n) is 1.22. The molecule has 0 atom stereocenters. The minimum atomic E-state index is -0.208. The van der Waals surface area contributed by atoms with Crippen LogP contribution in [0.2, 0.25) is 0 Å². The van der Waals surface area contributed by atoms with Gasteiger partial charge in [0.1, 0.15) is 23.9 Å². The van der Waals surface area contributed by atoms with E-state index in [1.54, 1.807) is 12.1 Å². The standard InChI is InChI=1S/C10H10FN2.HI/c1-12-6-7-13(8-12)10-4-2-9(11)3-5-10;/h2-8H,1H3;1H/q+1;/p-1. The SMILES string of the molecule is Cn1cc[n+](-c2ccc(F)cc2)c1.[I-]. The van der Waals surface area contributed by atoms with Gasteiger partial charge in [0.15, 0.2) is 0 Å². The van der Waals surface area contributed by atoms with E-state index >= 15 is 0 Å². The molecule has 0 saturated carbocycles. The van der Waals surface area contributed by atoms with E-state index in [0.29, 0.717) is 0 Å². The average molecular weight is 304 g/mol. The lowest BCUT2D eigenvalue weighted by Crippen LogP contribution is -3.00. The first-order valence-electron chi connectivity index (χ1n) is 4.05. The number of halogens is 2. The fourth-order valence-corrected chi connectivity index (χ4v) is 1.22. The van der Waals surface area contributed by atoms with E-state index in [1.165, 1.54) is 12.1 Å². The molecule has 0 saturated heterocycles. The van der Waals surface area contributed by atoms with Gasteiger partial charge in [-0.3, -0.25) is 0 Å². The van der Waals surface area contributed by atoms with Crippen molar-refractivity contribution in [3.8, 4) is 5.69 Å². The number of benzene rings is 1. The summed E-state index contributed by atoms with van der Waals surface area (Å²) in [6.07, 6.45) is 5.78. The number of aromatic nitrogens is 2. The van der Waals surface area contributed by atoms with Gasteiger partial charge in [-0.1, -0.05) is 0 Å². The Labute approximate surface area is 99.0 Å². The first-order valence-corrected chi connectivity index (χ1v) is 4.05. The van der Waals surface area contributed by atoms with E-state index in [9.17, 15) is 4.39 Å². The molecular formula is C10H10FIN2. The molecule has 0 unspecified atom stereocenters. The Morgan fingerprint density at radius 2 is 1.86 bits per heavy atom. The maximum atomic E-state index is 12.6. The van der Waals surface area contributed by atoms with Crippen molar-refractivity contribution in [2.24, 2.45) is 7.05 Å². The van der Waals surface area contributed by atoms with Crippen molar-refractivity contribution in [2.45, 2.75) is 0 Å². The van der Waals surface area contributed by atoms with Crippen LogP contribution in [-0.4, -0.2) is 4.57 Å². The second-order valence-corrected chi connectivity index (χ2v) is 2.96. The smallest absolute Gasteiger partial charge is 0.248 e. The monoisotopic (exact) mass is 304 g/mol. The predicted octanol–water partition coefficient (Wildman–Crippen LogP) is -1.56. The van der Waals surface area contributed by atoms with Crippen LogP contribution in [0.3, 0.4) is 0 Å². The molecule has 1 aromatic carbocycles. The molecule has 0 fully saturated rings. The Kier molecular flexibility index (Phi) is 3.62. The topological polar surface area (TPSA) is 8.81 Å². The molecular weight excluding hydrogens is 294 g/mol. The van der Waals surface area contributed by atoms with Crippen LogP contribution in [0, 0.1) is 5.82 Å². The Morgan fingerprint density at radius 1 is 1.21 bits per heavy atom. The molecule has 1 heterocycles. The Morgan fingerprint density at radius 3 is 2.36 bits per heavy atom. The highest BCUT2D eigenvalue weighted by molar-refractivity contribution is 5.22. The minimum absolute atomic E-state index is 0. The lowest BCUT2D eigenvalue weighted by atomic mass is 10.3. The highest BCUT2D eigenvalue weighted by atomic mass is 127. The quantitative estimate of drug-likeness (QED) is 0.445. The molecule has 1 aromatic heterocycles. The number of aryl methyl sites for hydroxylation is 1. The van der Waals surface area contributed by atoms with Crippen molar-refractivity contribution in [1.29, 1.82) is 0 Å². The zero-order chi connectivity index (χ0) is 9.26. The summed E-state index contributed by atoms with van der Waals surface area (Å²) in [5.74, 6) is -0.208. The van der Waals surface area contributed by atoms with Crippen LogP contribution in [0.25, 0.3) is 5.69 Å². The molecule has 0 aliphatic rings. The third kappa shape index (κ3) is 2.31. The molecule has 14 heavy (non-hydrogen) atoms. The predicted molar refractivity (Wildman–Crippen MR) is 46.9 cm³/mol. The van der Waals surface area contributed by atoms with Crippen molar-refractivity contribution in [1.82, 2.24) is 4.57 Å². The maximum absolute atomic E-state index is 12.6. The third-order valence-electron chi connectivity index (χ3n) is 1.89. The van der Waals surface area contributed by atoms with Gasteiger partial charge >= 0.3 is 0 Å². The highest BCUT2D eigenvalue weighted by Crippen LogP contribution is 2.01. The number of rotatable bonds is 1. The summed E-state index contributed by atoms with van der Waals surface area (Å²) in [6.45, 7) is 0. The van der Waals surface area contributed by atoms with Gasteiger partial charge in [0.2, 0.25) is 6.33 Å². The summed E-state index contributed by atoms with van der Waals surface area (Å²) < 4.78 is 16.5. The molecule has 0 spiro atoms. The summed E-state index contributed by atoms with van der Waals surface area (Å²) in [5.41, 5.74) is 0.960. The molecule has 0 amide bonds. The Balaban J connectivity index is 0.000000980. The lowest BCUT2D eigenvalue weighted by molar-refractivity contribution is -0.595. The van der Waals surface area contributed by atoms with E-state index in [4.69, 9.17) is 0 Å². The highest BCUT2D eigenvalue weighted by Gasteiger charge is 2.02. The van der Waals surface area contributed by atoms with Crippen molar-refractivity contribution in [3.05, 3.63) is 48.8 Å². The van der Waals surface area contributed by atoms with Gasteiger partial charge < -0.3 is 24.0 Å². The van der Waals surface area contributed by atoms with Gasteiger partial charge in [0.25, 0.3) is 0 Å². The molecule has 74 valence electrons. The van der Waals surface area contributed by atoms with Crippen molar-refractivity contribution < 1.29 is 32.9 Å². The number of imidazole rings is 1. The van der Waals surface area contributed by atoms with E-state index in [-0.39, 0.29) is 29.8 Å². The maximum Gasteiger partial charge on any atom is 0.248 e. The fraction of sp³-hybridized carbons (Fsp3) is 0.100. The van der Waals surface area contributed by atoms with Gasteiger partial charge in [-0.25, -0.2) is 13.5 Å². The van der Waals surface area contributed by atoms with E-state index in [0.717, 1.165) is 5.69 Å². The summed E-state index contributed by atoms with van der Waals surface area (Å²) in [5, 5.41) is 0. The van der Waals surface area contributed by atoms with Crippen molar-refractivity contribution in [2.75, 3.05) is 0 Å². The van der Waals surface area contributed by atoms with Crippen molar-refractivity contribution >= 4 is 0 Å². The summed E-state index contributed by atoms with van der Waals surface area (Å²) in [7, 11) is 1.94. The van der Waals surface area contributed by atoms with Crippen molar-refractivity contribution in [3.63, 3.8) is 0 Å². The molecule has 0 N–H and O–H groups in total. The van der Waals surface area contributed by atoms with Crippen LogP contribution >= 0.6 is 0 Å². The Bertz CT molecular complexity index is 408. The van der Waals surface area contributed by atoms with Crippen LogP contribution in [0.4, 0.5) is 4.39 Å². The normalized spacial score (nSPS) is 9.57. The molecule has 0 bridgehead atoms. The zero-order valence-electron chi connectivity index (χ0n) is 7.69. The van der Waals surface area contributed by atoms with Crippen LogP contribution in [-0.2, 0) is 7.05 Å². The largest absolute Gasteiger partial charge is 1.00 e. The molecule has 2 rings (SSSR count). The van der Waals surface area contributed by atoms with Gasteiger partial charge in [-0.15, -0.1) is 0 Å². The van der Waals surface area contributed by atoms with Crippen LogP contribution in [0.1, 0.15) is 0 Å². The summed E-state index contributed by atoms with van der Waals surface area (Å²) in [6, 6.07) is 6.40. The lowest BCUT2D eigenvalue weighted by Gasteiger charge is -1.93. The molecule has 0 aliphatic heterocycles. The molecule has 2 aromatic rings. The second-order valence-electron chi connectivity index (χ2n) is 2.96. The van der Waals surface area contributed by atoms with E-state index in [1.807, 2.05) is 34.9 Å². The molecule has 0 radical (unpaired) electrons. The number of nitrogens with zero attached hydrogens (tertiary/aromatic N) is 2. The van der Waals surface area contributed by atoms with Crippen LogP contribution < -0.4 is 28.5 Å². The van der Waals surface area contributed by atoms with Crippen LogP contribution in [0.5, 0.6) is 0 Å². The molecule has 2 nitrogen and oxygen atoms in total. The molecule has 0 aliphatic carbocycles. The second kappa shape index (κ2) is 4.54. The van der Waals surface area contributed by atoms with Gasteiger partial charge in [-0.05, 0) is 24.3 Å². The molecule has 4 heteroatoms. The number of hydrogen-bond acceptors (Lipinski definition) is 0. The van der Waals surface area contributed by atoms with E-state index in [2.05, 4.69) is 0 Å². The Hall–Kier alpha value is -0.910. The zero-order valence-corrected chi connectivity index (χ0v) is 9.85. The summed E-state index contributed by atoms with van der Waals surface area (Å²) in [4.78, 5) is 0.